The molecule has 0 fully saturated rings. The van der Waals surface area contributed by atoms with Crippen molar-refractivity contribution >= 4 is 11.5 Å². The molecule has 0 atom stereocenters. The number of nitrogens with two attached hydrogens (primary N) is 1. The number of carbonyl (C=O) groups is 1. The van der Waals surface area contributed by atoms with E-state index in [0.29, 0.717) is 18.9 Å². The Labute approximate surface area is 104 Å². The third-order valence-corrected chi connectivity index (χ3v) is 2.84. The van der Waals surface area contributed by atoms with Gasteiger partial charge in [-0.2, -0.15) is 0 Å². The van der Waals surface area contributed by atoms with E-state index in [-0.39, 0.29) is 5.78 Å². The van der Waals surface area contributed by atoms with Crippen LogP contribution in [0.5, 0.6) is 0 Å². The van der Waals surface area contributed by atoms with Gasteiger partial charge in [0.1, 0.15) is 0 Å². The summed E-state index contributed by atoms with van der Waals surface area (Å²) < 4.78 is 0. The largest absolute Gasteiger partial charge is 0.377 e. The molecule has 0 amide bonds. The summed E-state index contributed by atoms with van der Waals surface area (Å²) in [5.74, 6) is 0.550. The lowest BCUT2D eigenvalue weighted by Gasteiger charge is -2.18. The maximum atomic E-state index is 12.0. The van der Waals surface area contributed by atoms with E-state index >= 15 is 0 Å². The first-order valence-electron chi connectivity index (χ1n) is 6.02. The summed E-state index contributed by atoms with van der Waals surface area (Å²) in [6, 6.07) is 6.09. The fourth-order valence-corrected chi connectivity index (χ4v) is 1.79. The average Bonchev–Trinajstić information content (AvgIpc) is 2.28. The van der Waals surface area contributed by atoms with Gasteiger partial charge in [0.25, 0.3) is 0 Å². The third-order valence-electron chi connectivity index (χ3n) is 2.84. The molecule has 0 bridgehead atoms. The highest BCUT2D eigenvalue weighted by Crippen LogP contribution is 2.25. The Hall–Kier alpha value is -1.35. The molecule has 0 aliphatic heterocycles. The molecule has 1 aromatic carbocycles. The molecule has 3 heteroatoms. The SMILES string of the molecule is CC(C)c1ccc(N(C)C)c(C(=O)CCN)c1. The van der Waals surface area contributed by atoms with E-state index in [2.05, 4.69) is 19.9 Å². The fraction of sp³-hybridized carbons (Fsp3) is 0.500. The number of ketones is 1. The quantitative estimate of drug-likeness (QED) is 0.796. The highest BCUT2D eigenvalue weighted by Gasteiger charge is 2.14. The minimum absolute atomic E-state index is 0.124. The van der Waals surface area contributed by atoms with Crippen molar-refractivity contribution in [2.45, 2.75) is 26.2 Å². The van der Waals surface area contributed by atoms with Crippen molar-refractivity contribution in [3.63, 3.8) is 0 Å². The van der Waals surface area contributed by atoms with Crippen molar-refractivity contribution in [3.05, 3.63) is 29.3 Å². The Morgan fingerprint density at radius 1 is 1.35 bits per heavy atom. The molecule has 0 aliphatic rings. The Kier molecular flexibility index (Phi) is 4.70. The zero-order chi connectivity index (χ0) is 13.0. The Morgan fingerprint density at radius 3 is 2.47 bits per heavy atom. The topological polar surface area (TPSA) is 46.3 Å². The first-order valence-corrected chi connectivity index (χ1v) is 6.02. The summed E-state index contributed by atoms with van der Waals surface area (Å²) in [5.41, 5.74) is 8.40. The van der Waals surface area contributed by atoms with E-state index < -0.39 is 0 Å². The second-order valence-electron chi connectivity index (χ2n) is 4.79. The van der Waals surface area contributed by atoms with Gasteiger partial charge in [-0.25, -0.2) is 0 Å². The van der Waals surface area contributed by atoms with Crippen LogP contribution in [-0.2, 0) is 0 Å². The van der Waals surface area contributed by atoms with Gasteiger partial charge in [-0.1, -0.05) is 19.9 Å². The van der Waals surface area contributed by atoms with E-state index in [0.717, 1.165) is 11.3 Å². The second kappa shape index (κ2) is 5.82. The van der Waals surface area contributed by atoms with Crippen LogP contribution in [0.15, 0.2) is 18.2 Å². The van der Waals surface area contributed by atoms with E-state index in [9.17, 15) is 4.79 Å². The minimum atomic E-state index is 0.124. The molecule has 0 heterocycles. The highest BCUT2D eigenvalue weighted by atomic mass is 16.1. The van der Waals surface area contributed by atoms with Gasteiger partial charge in [-0.05, 0) is 30.2 Å². The highest BCUT2D eigenvalue weighted by molar-refractivity contribution is 6.01. The number of nitrogens with zero attached hydrogens (tertiary/aromatic N) is 1. The van der Waals surface area contributed by atoms with Crippen LogP contribution in [0.25, 0.3) is 0 Å². The average molecular weight is 234 g/mol. The van der Waals surface area contributed by atoms with Crippen LogP contribution in [-0.4, -0.2) is 26.4 Å². The number of Topliss-reactive ketones (excluding diaryl/α,β-unsaturated/α-hetero) is 1. The van der Waals surface area contributed by atoms with Gasteiger partial charge in [0.2, 0.25) is 0 Å². The van der Waals surface area contributed by atoms with Gasteiger partial charge in [-0.15, -0.1) is 0 Å². The molecular formula is C14H22N2O. The van der Waals surface area contributed by atoms with E-state index in [1.165, 1.54) is 5.56 Å². The van der Waals surface area contributed by atoms with Crippen molar-refractivity contribution in [1.29, 1.82) is 0 Å². The second-order valence-corrected chi connectivity index (χ2v) is 4.79. The number of anilines is 1. The van der Waals surface area contributed by atoms with Crippen LogP contribution >= 0.6 is 0 Å². The van der Waals surface area contributed by atoms with E-state index in [4.69, 9.17) is 5.73 Å². The Balaban J connectivity index is 3.20. The molecule has 3 nitrogen and oxygen atoms in total. The lowest BCUT2D eigenvalue weighted by molar-refractivity contribution is 0.0986. The van der Waals surface area contributed by atoms with Crippen LogP contribution in [0.1, 0.15) is 42.1 Å². The molecule has 17 heavy (non-hydrogen) atoms. The number of benzene rings is 1. The summed E-state index contributed by atoms with van der Waals surface area (Å²) >= 11 is 0. The van der Waals surface area contributed by atoms with Crippen LogP contribution in [0.2, 0.25) is 0 Å². The van der Waals surface area contributed by atoms with Crippen molar-refractivity contribution in [3.8, 4) is 0 Å². The zero-order valence-electron chi connectivity index (χ0n) is 11.2. The number of rotatable bonds is 5. The smallest absolute Gasteiger partial charge is 0.166 e. The summed E-state index contributed by atoms with van der Waals surface area (Å²) in [7, 11) is 3.90. The monoisotopic (exact) mass is 234 g/mol. The molecule has 0 aromatic heterocycles. The third kappa shape index (κ3) is 3.30. The maximum absolute atomic E-state index is 12.0. The predicted octanol–water partition coefficient (Wildman–Crippen LogP) is 2.41. The van der Waals surface area contributed by atoms with E-state index in [1.54, 1.807) is 0 Å². The molecule has 0 saturated carbocycles. The van der Waals surface area contributed by atoms with Crippen molar-refractivity contribution in [1.82, 2.24) is 0 Å². The van der Waals surface area contributed by atoms with Crippen molar-refractivity contribution in [2.24, 2.45) is 5.73 Å². The standard InChI is InChI=1S/C14H22N2O/c1-10(2)11-5-6-13(16(3)4)12(9-11)14(17)7-8-15/h5-6,9-10H,7-8,15H2,1-4H3. The summed E-state index contributed by atoms with van der Waals surface area (Å²) in [6.45, 7) is 4.65. The van der Waals surface area contributed by atoms with Crippen LogP contribution in [0.3, 0.4) is 0 Å². The fourth-order valence-electron chi connectivity index (χ4n) is 1.79. The number of carbonyl (C=O) groups excluding carboxylic acids is 1. The molecule has 94 valence electrons. The van der Waals surface area contributed by atoms with E-state index in [1.807, 2.05) is 31.1 Å². The van der Waals surface area contributed by atoms with Crippen LogP contribution in [0, 0.1) is 0 Å². The summed E-state index contributed by atoms with van der Waals surface area (Å²) in [4.78, 5) is 14.0. The first kappa shape index (κ1) is 13.7. The number of hydrogen-bond acceptors (Lipinski definition) is 3. The molecule has 0 aliphatic carbocycles. The lowest BCUT2D eigenvalue weighted by Crippen LogP contribution is -2.16. The normalized spacial score (nSPS) is 10.7. The molecule has 0 saturated heterocycles. The van der Waals surface area contributed by atoms with Crippen LogP contribution < -0.4 is 10.6 Å². The summed E-state index contributed by atoms with van der Waals surface area (Å²) in [6.07, 6.45) is 0.405. The molecule has 1 rings (SSSR count). The van der Waals surface area contributed by atoms with Gasteiger partial charge >= 0.3 is 0 Å². The van der Waals surface area contributed by atoms with Crippen molar-refractivity contribution < 1.29 is 4.79 Å². The van der Waals surface area contributed by atoms with Crippen molar-refractivity contribution in [2.75, 3.05) is 25.5 Å². The molecule has 0 spiro atoms. The molecule has 0 radical (unpaired) electrons. The molecule has 2 N–H and O–H groups in total. The Bertz CT molecular complexity index is 397. The van der Waals surface area contributed by atoms with Gasteiger partial charge in [-0.3, -0.25) is 4.79 Å². The van der Waals surface area contributed by atoms with Gasteiger partial charge in [0.05, 0.1) is 0 Å². The molecule has 1 aromatic rings. The van der Waals surface area contributed by atoms with Gasteiger partial charge in [0, 0.05) is 31.8 Å². The maximum Gasteiger partial charge on any atom is 0.166 e. The minimum Gasteiger partial charge on any atom is -0.377 e. The van der Waals surface area contributed by atoms with Crippen LogP contribution in [0.4, 0.5) is 5.69 Å². The predicted molar refractivity (Wildman–Crippen MR) is 72.9 cm³/mol. The number of hydrogen-bond donors (Lipinski definition) is 1. The van der Waals surface area contributed by atoms with Gasteiger partial charge in [0.15, 0.2) is 5.78 Å². The lowest BCUT2D eigenvalue weighted by atomic mass is 9.96. The zero-order valence-corrected chi connectivity index (χ0v) is 11.2. The van der Waals surface area contributed by atoms with Gasteiger partial charge < -0.3 is 10.6 Å². The Morgan fingerprint density at radius 2 is 2.00 bits per heavy atom. The first-order chi connectivity index (χ1) is 7.97. The summed E-state index contributed by atoms with van der Waals surface area (Å²) in [5, 5.41) is 0. The molecule has 0 unspecified atom stereocenters. The molecular weight excluding hydrogens is 212 g/mol.